The van der Waals surface area contributed by atoms with Gasteiger partial charge in [0.2, 0.25) is 0 Å². The molecule has 0 amide bonds. The monoisotopic (exact) mass is 239 g/mol. The van der Waals surface area contributed by atoms with Crippen molar-refractivity contribution >= 4 is 0 Å². The van der Waals surface area contributed by atoms with E-state index >= 15 is 0 Å². The van der Waals surface area contributed by atoms with Gasteiger partial charge in [0.25, 0.3) is 0 Å². The first-order valence-electron chi connectivity index (χ1n) is 5.98. The highest BCUT2D eigenvalue weighted by Crippen LogP contribution is 2.21. The molecular weight excluding hydrogens is 225 g/mol. The Labute approximate surface area is 107 Å². The zero-order chi connectivity index (χ0) is 12.8. The molecule has 0 aliphatic rings. The maximum atomic E-state index is 12.8. The van der Waals surface area contributed by atoms with E-state index in [1.807, 2.05) is 18.2 Å². The molecule has 0 fully saturated rings. The summed E-state index contributed by atoms with van der Waals surface area (Å²) in [6, 6.07) is 18.5. The van der Waals surface area contributed by atoms with Gasteiger partial charge in [-0.2, -0.15) is 5.26 Å². The lowest BCUT2D eigenvalue weighted by Crippen LogP contribution is -1.98. The number of halogens is 1. The van der Waals surface area contributed by atoms with Gasteiger partial charge in [0.1, 0.15) is 5.82 Å². The summed E-state index contributed by atoms with van der Waals surface area (Å²) in [6.07, 6.45) is 1.61. The van der Waals surface area contributed by atoms with Gasteiger partial charge in [-0.15, -0.1) is 0 Å². The van der Waals surface area contributed by atoms with Crippen molar-refractivity contribution in [1.82, 2.24) is 0 Å². The van der Waals surface area contributed by atoms with Crippen LogP contribution in [0.1, 0.15) is 23.5 Å². The summed E-state index contributed by atoms with van der Waals surface area (Å²) in [5.74, 6) is -0.440. The Bertz CT molecular complexity index is 525. The minimum absolute atomic E-state index is 0.175. The number of nitrogens with zero attached hydrogens (tertiary/aromatic N) is 1. The number of rotatable bonds is 4. The molecule has 0 aliphatic heterocycles. The SMILES string of the molecule is N#C[C@H](CCc1ccccc1)c1ccc(F)cc1. The highest BCUT2D eigenvalue weighted by atomic mass is 19.1. The standard InChI is InChI=1S/C16H14FN/c17-16-10-8-14(9-11-16)15(12-18)7-6-13-4-2-1-3-5-13/h1-5,8-11,15H,6-7H2/t15-/m0/s1. The predicted molar refractivity (Wildman–Crippen MR) is 69.5 cm³/mol. The molecule has 0 saturated heterocycles. The fourth-order valence-corrected chi connectivity index (χ4v) is 1.96. The van der Waals surface area contributed by atoms with E-state index in [0.717, 1.165) is 18.4 Å². The highest BCUT2D eigenvalue weighted by molar-refractivity contribution is 5.26. The molecule has 2 aromatic rings. The molecule has 0 heterocycles. The molecule has 0 aliphatic carbocycles. The highest BCUT2D eigenvalue weighted by Gasteiger charge is 2.10. The van der Waals surface area contributed by atoms with E-state index in [4.69, 9.17) is 0 Å². The average molecular weight is 239 g/mol. The Hall–Kier alpha value is -2.14. The minimum Gasteiger partial charge on any atom is -0.207 e. The van der Waals surface area contributed by atoms with Gasteiger partial charge >= 0.3 is 0 Å². The lowest BCUT2D eigenvalue weighted by molar-refractivity contribution is 0.625. The van der Waals surface area contributed by atoms with Gasteiger partial charge in [0, 0.05) is 0 Å². The molecule has 90 valence electrons. The smallest absolute Gasteiger partial charge is 0.123 e. The van der Waals surface area contributed by atoms with Crippen LogP contribution in [0.4, 0.5) is 4.39 Å². The molecule has 0 radical (unpaired) electrons. The van der Waals surface area contributed by atoms with Crippen LogP contribution in [0.25, 0.3) is 0 Å². The molecule has 2 rings (SSSR count). The largest absolute Gasteiger partial charge is 0.207 e. The Morgan fingerprint density at radius 2 is 1.67 bits per heavy atom. The van der Waals surface area contributed by atoms with Crippen LogP contribution >= 0.6 is 0 Å². The van der Waals surface area contributed by atoms with Crippen molar-refractivity contribution in [1.29, 1.82) is 5.26 Å². The van der Waals surface area contributed by atoms with Gasteiger partial charge in [0.05, 0.1) is 12.0 Å². The fourth-order valence-electron chi connectivity index (χ4n) is 1.96. The minimum atomic E-state index is -0.265. The van der Waals surface area contributed by atoms with Crippen LogP contribution in [0, 0.1) is 17.1 Å². The first-order chi connectivity index (χ1) is 8.79. The van der Waals surface area contributed by atoms with E-state index in [9.17, 15) is 9.65 Å². The van der Waals surface area contributed by atoms with E-state index in [1.54, 1.807) is 12.1 Å². The Morgan fingerprint density at radius 1 is 1.00 bits per heavy atom. The van der Waals surface area contributed by atoms with E-state index in [0.29, 0.717) is 0 Å². The first-order valence-corrected chi connectivity index (χ1v) is 5.98. The molecule has 18 heavy (non-hydrogen) atoms. The van der Waals surface area contributed by atoms with Crippen LogP contribution in [0.3, 0.4) is 0 Å². The molecule has 2 aromatic carbocycles. The number of hydrogen-bond donors (Lipinski definition) is 0. The summed E-state index contributed by atoms with van der Waals surface area (Å²) in [7, 11) is 0. The predicted octanol–water partition coefficient (Wildman–Crippen LogP) is 4.07. The van der Waals surface area contributed by atoms with Gasteiger partial charge in [-0.05, 0) is 36.1 Å². The summed E-state index contributed by atoms with van der Waals surface area (Å²) >= 11 is 0. The molecule has 0 bridgehead atoms. The van der Waals surface area contributed by atoms with Crippen molar-refractivity contribution in [3.63, 3.8) is 0 Å². The lowest BCUT2D eigenvalue weighted by atomic mass is 9.93. The number of benzene rings is 2. The summed E-state index contributed by atoms with van der Waals surface area (Å²) < 4.78 is 12.8. The quantitative estimate of drug-likeness (QED) is 0.789. The zero-order valence-corrected chi connectivity index (χ0v) is 10.0. The second-order valence-corrected chi connectivity index (χ2v) is 4.26. The van der Waals surface area contributed by atoms with Crippen LogP contribution in [0.2, 0.25) is 0 Å². The summed E-state index contributed by atoms with van der Waals surface area (Å²) in [6.45, 7) is 0. The van der Waals surface area contributed by atoms with Gasteiger partial charge in [-0.3, -0.25) is 0 Å². The maximum Gasteiger partial charge on any atom is 0.123 e. The van der Waals surface area contributed by atoms with E-state index < -0.39 is 0 Å². The van der Waals surface area contributed by atoms with Crippen LogP contribution in [-0.2, 0) is 6.42 Å². The van der Waals surface area contributed by atoms with Crippen LogP contribution in [0.15, 0.2) is 54.6 Å². The molecule has 0 saturated carbocycles. The van der Waals surface area contributed by atoms with Crippen molar-refractivity contribution in [3.05, 3.63) is 71.5 Å². The second-order valence-electron chi connectivity index (χ2n) is 4.26. The number of aryl methyl sites for hydroxylation is 1. The van der Waals surface area contributed by atoms with E-state index in [-0.39, 0.29) is 11.7 Å². The van der Waals surface area contributed by atoms with Gasteiger partial charge in [0.15, 0.2) is 0 Å². The molecule has 0 N–H and O–H groups in total. The first kappa shape index (κ1) is 12.3. The maximum absolute atomic E-state index is 12.8. The fraction of sp³-hybridized carbons (Fsp3) is 0.188. The topological polar surface area (TPSA) is 23.8 Å². The number of nitriles is 1. The molecule has 0 spiro atoms. The van der Waals surface area contributed by atoms with Crippen molar-refractivity contribution in [2.45, 2.75) is 18.8 Å². The van der Waals surface area contributed by atoms with Crippen LogP contribution in [-0.4, -0.2) is 0 Å². The molecule has 1 atom stereocenters. The van der Waals surface area contributed by atoms with Crippen molar-refractivity contribution < 1.29 is 4.39 Å². The molecule has 0 unspecified atom stereocenters. The van der Waals surface area contributed by atoms with Crippen molar-refractivity contribution in [2.75, 3.05) is 0 Å². The molecule has 1 nitrogen and oxygen atoms in total. The van der Waals surface area contributed by atoms with Gasteiger partial charge in [-0.1, -0.05) is 42.5 Å². The molecule has 0 aromatic heterocycles. The Kier molecular flexibility index (Phi) is 4.09. The lowest BCUT2D eigenvalue weighted by Gasteiger charge is -2.09. The second kappa shape index (κ2) is 5.97. The summed E-state index contributed by atoms with van der Waals surface area (Å²) in [5, 5.41) is 9.18. The van der Waals surface area contributed by atoms with Crippen molar-refractivity contribution in [3.8, 4) is 6.07 Å². The van der Waals surface area contributed by atoms with Crippen LogP contribution in [0.5, 0.6) is 0 Å². The molecular formula is C16H14FN. The third-order valence-corrected chi connectivity index (χ3v) is 2.99. The number of hydrogen-bond acceptors (Lipinski definition) is 1. The molecule has 2 heteroatoms. The summed E-state index contributed by atoms with van der Waals surface area (Å²) in [5.41, 5.74) is 2.11. The third-order valence-electron chi connectivity index (χ3n) is 2.99. The van der Waals surface area contributed by atoms with Gasteiger partial charge in [-0.25, -0.2) is 4.39 Å². The summed E-state index contributed by atoms with van der Waals surface area (Å²) in [4.78, 5) is 0. The Morgan fingerprint density at radius 3 is 2.28 bits per heavy atom. The Balaban J connectivity index is 2.02. The zero-order valence-electron chi connectivity index (χ0n) is 10.0. The normalized spacial score (nSPS) is 11.8. The van der Waals surface area contributed by atoms with E-state index in [1.165, 1.54) is 17.7 Å². The van der Waals surface area contributed by atoms with Gasteiger partial charge < -0.3 is 0 Å². The van der Waals surface area contributed by atoms with Crippen molar-refractivity contribution in [2.24, 2.45) is 0 Å². The van der Waals surface area contributed by atoms with E-state index in [2.05, 4.69) is 18.2 Å². The average Bonchev–Trinajstić information content (AvgIpc) is 2.42. The van der Waals surface area contributed by atoms with Crippen LogP contribution < -0.4 is 0 Å². The third kappa shape index (κ3) is 3.18.